The number of carbonyl (C=O) groups excluding carboxylic acids is 1. The van der Waals surface area contributed by atoms with Gasteiger partial charge in [0.05, 0.1) is 24.7 Å². The molecule has 8 nitrogen and oxygen atoms in total. The summed E-state index contributed by atoms with van der Waals surface area (Å²) in [4.78, 5) is 13.0. The van der Waals surface area contributed by atoms with E-state index in [0.717, 1.165) is 5.56 Å². The standard InChI is InChI=1S/C22H26N2O6S/c1-29-19-8-7-17(11-20(19)30-2)31(27,28)24-12-16(13-25)22(14-24)10-9-15-5-3-4-6-18(15)21(26)23-22/h3-8,11,16,25H,9-10,12-14H2,1-2H3,(H,23,26)/t16-,22+/m0/s1. The number of fused-ring (bicyclic) bond motifs is 1. The van der Waals surface area contributed by atoms with Gasteiger partial charge in [-0.05, 0) is 36.6 Å². The molecule has 0 radical (unpaired) electrons. The van der Waals surface area contributed by atoms with Crippen molar-refractivity contribution in [3.8, 4) is 11.5 Å². The Labute approximate surface area is 181 Å². The molecule has 1 saturated heterocycles. The van der Waals surface area contributed by atoms with Crippen molar-refractivity contribution in [3.63, 3.8) is 0 Å². The highest BCUT2D eigenvalue weighted by Gasteiger charge is 2.51. The number of aliphatic hydroxyl groups excluding tert-OH is 1. The summed E-state index contributed by atoms with van der Waals surface area (Å²) in [5.74, 6) is 0.0911. The Morgan fingerprint density at radius 1 is 1.16 bits per heavy atom. The largest absolute Gasteiger partial charge is 0.493 e. The van der Waals surface area contributed by atoms with Gasteiger partial charge in [0.1, 0.15) is 0 Å². The van der Waals surface area contributed by atoms with Gasteiger partial charge in [-0.25, -0.2) is 8.42 Å². The monoisotopic (exact) mass is 446 g/mol. The van der Waals surface area contributed by atoms with Crippen LogP contribution >= 0.6 is 0 Å². The number of benzene rings is 2. The average Bonchev–Trinajstić information content (AvgIpc) is 3.09. The van der Waals surface area contributed by atoms with Crippen LogP contribution in [0.4, 0.5) is 0 Å². The van der Waals surface area contributed by atoms with Crippen LogP contribution in [0.25, 0.3) is 0 Å². The quantitative estimate of drug-likeness (QED) is 0.720. The first-order valence-corrected chi connectivity index (χ1v) is 11.5. The zero-order chi connectivity index (χ0) is 22.2. The van der Waals surface area contributed by atoms with Crippen LogP contribution in [0, 0.1) is 5.92 Å². The molecule has 0 unspecified atom stereocenters. The van der Waals surface area contributed by atoms with Gasteiger partial charge in [0.15, 0.2) is 11.5 Å². The molecule has 1 spiro atoms. The Balaban J connectivity index is 1.66. The molecule has 0 aliphatic carbocycles. The van der Waals surface area contributed by atoms with Crippen LogP contribution in [0.5, 0.6) is 11.5 Å². The fraction of sp³-hybridized carbons (Fsp3) is 0.409. The number of sulfonamides is 1. The lowest BCUT2D eigenvalue weighted by molar-refractivity contribution is 0.0848. The van der Waals surface area contributed by atoms with Gasteiger partial charge >= 0.3 is 0 Å². The van der Waals surface area contributed by atoms with E-state index in [2.05, 4.69) is 5.32 Å². The Hall–Kier alpha value is -2.62. The number of methoxy groups -OCH3 is 2. The molecule has 2 aliphatic heterocycles. The number of nitrogens with one attached hydrogen (secondary N) is 1. The normalized spacial score (nSPS) is 23.8. The topological polar surface area (TPSA) is 105 Å². The predicted molar refractivity (Wildman–Crippen MR) is 114 cm³/mol. The van der Waals surface area contributed by atoms with Crippen molar-refractivity contribution in [1.82, 2.24) is 9.62 Å². The van der Waals surface area contributed by atoms with E-state index >= 15 is 0 Å². The third-order valence-corrected chi connectivity index (χ3v) is 8.15. The van der Waals surface area contributed by atoms with Crippen molar-refractivity contribution >= 4 is 15.9 Å². The highest BCUT2D eigenvalue weighted by atomic mass is 32.2. The number of ether oxygens (including phenoxy) is 2. The second-order valence-electron chi connectivity index (χ2n) is 7.96. The lowest BCUT2D eigenvalue weighted by atomic mass is 9.83. The number of carbonyl (C=O) groups is 1. The first kappa shape index (κ1) is 21.6. The highest BCUT2D eigenvalue weighted by molar-refractivity contribution is 7.89. The maximum Gasteiger partial charge on any atom is 0.252 e. The van der Waals surface area contributed by atoms with E-state index in [1.165, 1.54) is 30.7 Å². The molecule has 166 valence electrons. The summed E-state index contributed by atoms with van der Waals surface area (Å²) in [6.07, 6.45) is 1.16. The number of aryl methyl sites for hydroxylation is 1. The maximum absolute atomic E-state index is 13.4. The van der Waals surface area contributed by atoms with E-state index in [1.54, 1.807) is 12.1 Å². The molecule has 2 aromatic rings. The minimum absolute atomic E-state index is 0.0714. The number of amides is 1. The molecular weight excluding hydrogens is 420 g/mol. The molecular formula is C22H26N2O6S. The summed E-state index contributed by atoms with van der Waals surface area (Å²) in [6.45, 7) is -0.0208. The van der Waals surface area contributed by atoms with E-state index < -0.39 is 21.5 Å². The minimum Gasteiger partial charge on any atom is -0.493 e. The van der Waals surface area contributed by atoms with Crippen LogP contribution in [-0.2, 0) is 16.4 Å². The minimum atomic E-state index is -3.88. The number of hydrogen-bond acceptors (Lipinski definition) is 6. The van der Waals surface area contributed by atoms with Crippen LogP contribution in [0.2, 0.25) is 0 Å². The Morgan fingerprint density at radius 3 is 2.61 bits per heavy atom. The number of rotatable bonds is 5. The Bertz CT molecular complexity index is 1100. The Kier molecular flexibility index (Phi) is 5.67. The van der Waals surface area contributed by atoms with E-state index in [0.29, 0.717) is 29.9 Å². The van der Waals surface area contributed by atoms with Crippen molar-refractivity contribution < 1.29 is 27.8 Å². The number of aliphatic hydroxyl groups is 1. The first-order chi connectivity index (χ1) is 14.8. The van der Waals surface area contributed by atoms with Gasteiger partial charge in [-0.1, -0.05) is 18.2 Å². The van der Waals surface area contributed by atoms with Gasteiger partial charge in [0, 0.05) is 37.2 Å². The van der Waals surface area contributed by atoms with Crippen molar-refractivity contribution in [2.24, 2.45) is 5.92 Å². The predicted octanol–water partition coefficient (Wildman–Crippen LogP) is 1.43. The molecule has 1 amide bonds. The van der Waals surface area contributed by atoms with Gasteiger partial charge in [-0.3, -0.25) is 4.79 Å². The smallest absolute Gasteiger partial charge is 0.252 e. The summed E-state index contributed by atoms with van der Waals surface area (Å²) in [5.41, 5.74) is 0.682. The molecule has 2 aliphatic rings. The lowest BCUT2D eigenvalue weighted by Crippen LogP contribution is -2.54. The molecule has 2 heterocycles. The molecule has 2 N–H and O–H groups in total. The van der Waals surface area contributed by atoms with Gasteiger partial charge in [-0.15, -0.1) is 0 Å². The summed E-state index contributed by atoms with van der Waals surface area (Å²) >= 11 is 0. The molecule has 9 heteroatoms. The third kappa shape index (κ3) is 3.66. The van der Waals surface area contributed by atoms with Crippen LogP contribution in [0.15, 0.2) is 47.4 Å². The van der Waals surface area contributed by atoms with Gasteiger partial charge < -0.3 is 19.9 Å². The zero-order valence-corrected chi connectivity index (χ0v) is 18.3. The Morgan fingerprint density at radius 2 is 1.90 bits per heavy atom. The molecule has 0 saturated carbocycles. The second-order valence-corrected chi connectivity index (χ2v) is 9.90. The second kappa shape index (κ2) is 8.14. The highest BCUT2D eigenvalue weighted by Crippen LogP contribution is 2.38. The van der Waals surface area contributed by atoms with E-state index in [4.69, 9.17) is 9.47 Å². The summed E-state index contributed by atoms with van der Waals surface area (Å²) in [6, 6.07) is 11.8. The molecule has 2 aromatic carbocycles. The molecule has 0 bridgehead atoms. The van der Waals surface area contributed by atoms with Crippen molar-refractivity contribution in [2.45, 2.75) is 23.3 Å². The van der Waals surface area contributed by atoms with Crippen LogP contribution in [0.3, 0.4) is 0 Å². The van der Waals surface area contributed by atoms with Crippen LogP contribution in [-0.4, -0.2) is 63.2 Å². The average molecular weight is 447 g/mol. The molecule has 2 atom stereocenters. The van der Waals surface area contributed by atoms with Gasteiger partial charge in [0.25, 0.3) is 5.91 Å². The van der Waals surface area contributed by atoms with E-state index in [-0.39, 0.29) is 30.5 Å². The SMILES string of the molecule is COc1ccc(S(=O)(=O)N2C[C@@H](CO)[C@@]3(CCc4ccccc4C(=O)N3)C2)cc1OC. The molecule has 1 fully saturated rings. The zero-order valence-electron chi connectivity index (χ0n) is 17.5. The fourth-order valence-electron chi connectivity index (χ4n) is 4.57. The van der Waals surface area contributed by atoms with E-state index in [1.807, 2.05) is 18.2 Å². The van der Waals surface area contributed by atoms with E-state index in [9.17, 15) is 18.3 Å². The van der Waals surface area contributed by atoms with Gasteiger partial charge in [0.2, 0.25) is 10.0 Å². The molecule has 31 heavy (non-hydrogen) atoms. The summed E-state index contributed by atoms with van der Waals surface area (Å²) in [7, 11) is -0.951. The maximum atomic E-state index is 13.4. The molecule has 4 rings (SSSR count). The molecule has 0 aromatic heterocycles. The summed E-state index contributed by atoms with van der Waals surface area (Å²) < 4.78 is 38.6. The van der Waals surface area contributed by atoms with Crippen molar-refractivity contribution in [2.75, 3.05) is 33.9 Å². The van der Waals surface area contributed by atoms with Gasteiger partial charge in [-0.2, -0.15) is 4.31 Å². The fourth-order valence-corrected chi connectivity index (χ4v) is 6.14. The number of hydrogen-bond donors (Lipinski definition) is 2. The van der Waals surface area contributed by atoms with Crippen molar-refractivity contribution in [1.29, 1.82) is 0 Å². The third-order valence-electron chi connectivity index (χ3n) is 6.34. The summed E-state index contributed by atoms with van der Waals surface area (Å²) in [5, 5.41) is 13.1. The first-order valence-electron chi connectivity index (χ1n) is 10.1. The van der Waals surface area contributed by atoms with Crippen LogP contribution in [0.1, 0.15) is 22.3 Å². The van der Waals surface area contributed by atoms with Crippen LogP contribution < -0.4 is 14.8 Å². The number of nitrogens with zero attached hydrogens (tertiary/aromatic N) is 1. The van der Waals surface area contributed by atoms with Crippen molar-refractivity contribution in [3.05, 3.63) is 53.6 Å². The lowest BCUT2D eigenvalue weighted by Gasteiger charge is -2.33.